The lowest BCUT2D eigenvalue weighted by Gasteiger charge is -2.27. The van der Waals surface area contributed by atoms with Gasteiger partial charge in [0.15, 0.2) is 7.14 Å². The van der Waals surface area contributed by atoms with Crippen LogP contribution in [0.5, 0.6) is 0 Å². The van der Waals surface area contributed by atoms with Crippen LogP contribution < -0.4 is 20.8 Å². The van der Waals surface area contributed by atoms with Gasteiger partial charge in [-0.2, -0.15) is 0 Å². The van der Waals surface area contributed by atoms with Crippen molar-refractivity contribution in [3.63, 3.8) is 0 Å². The van der Waals surface area contributed by atoms with Crippen LogP contribution in [0.25, 0.3) is 0 Å². The molecule has 0 aromatic heterocycles. The third-order valence-electron chi connectivity index (χ3n) is 5.82. The van der Waals surface area contributed by atoms with Crippen molar-refractivity contribution in [3.05, 3.63) is 144 Å². The van der Waals surface area contributed by atoms with Crippen molar-refractivity contribution >= 4 is 56.0 Å². The summed E-state index contributed by atoms with van der Waals surface area (Å²) in [4.78, 5) is 2.20. The van der Waals surface area contributed by atoms with E-state index in [9.17, 15) is 4.57 Å². The van der Waals surface area contributed by atoms with E-state index in [1.807, 2.05) is 109 Å². The summed E-state index contributed by atoms with van der Waals surface area (Å²) in [6.45, 7) is 0. The van der Waals surface area contributed by atoms with Gasteiger partial charge in [0.2, 0.25) is 0 Å². The van der Waals surface area contributed by atoms with Crippen LogP contribution in [0.4, 0.5) is 17.1 Å². The first kappa shape index (κ1) is 22.4. The Kier molecular flexibility index (Phi) is 6.49. The van der Waals surface area contributed by atoms with Gasteiger partial charge in [0, 0.05) is 31.8 Å². The van der Waals surface area contributed by atoms with E-state index < -0.39 is 7.14 Å². The van der Waals surface area contributed by atoms with Gasteiger partial charge >= 0.3 is 0 Å². The predicted octanol–water partition coefficient (Wildman–Crippen LogP) is 7.56. The summed E-state index contributed by atoms with van der Waals surface area (Å²) >= 11 is 3.71. The van der Waals surface area contributed by atoms with Crippen molar-refractivity contribution in [2.45, 2.75) is 0 Å². The monoisotopic (exact) mass is 523 g/mol. The third-order valence-corrected chi connectivity index (χ3v) is 9.57. The largest absolute Gasteiger partial charge is 0.309 e. The molecule has 0 aliphatic rings. The fraction of sp³-hybridized carbons (Fsp3) is 0. The zero-order valence-corrected chi connectivity index (χ0v) is 20.9. The Bertz CT molecular complexity index is 1380. The minimum absolute atomic E-state index is 0.814. The topological polar surface area (TPSA) is 20.3 Å². The van der Waals surface area contributed by atoms with Crippen molar-refractivity contribution in [1.29, 1.82) is 0 Å². The lowest BCUT2D eigenvalue weighted by Crippen LogP contribution is -2.25. The third kappa shape index (κ3) is 4.25. The number of anilines is 3. The quantitative estimate of drug-likeness (QED) is 0.214. The minimum atomic E-state index is -3.01. The van der Waals surface area contributed by atoms with Crippen LogP contribution >= 0.6 is 23.1 Å². The fourth-order valence-corrected chi connectivity index (χ4v) is 7.28. The molecule has 166 valence electrons. The molecule has 5 aromatic rings. The summed E-state index contributed by atoms with van der Waals surface area (Å²) in [5.74, 6) is 0. The SMILES string of the molecule is O=P(c1ccccc1)(c1ccccc1)c1ccc(N(c2ccccc2)c2ccccc2Br)cc1. The Labute approximate surface area is 209 Å². The fourth-order valence-electron chi connectivity index (χ4n) is 4.17. The predicted molar refractivity (Wildman–Crippen MR) is 148 cm³/mol. The van der Waals surface area contributed by atoms with Crippen LogP contribution in [-0.4, -0.2) is 0 Å². The minimum Gasteiger partial charge on any atom is -0.309 e. The van der Waals surface area contributed by atoms with Crippen LogP contribution in [0.3, 0.4) is 0 Å². The second-order valence-electron chi connectivity index (χ2n) is 7.92. The van der Waals surface area contributed by atoms with Crippen molar-refractivity contribution < 1.29 is 4.57 Å². The van der Waals surface area contributed by atoms with Crippen LogP contribution in [0.2, 0.25) is 0 Å². The number of nitrogens with zero attached hydrogens (tertiary/aromatic N) is 1. The first-order valence-corrected chi connectivity index (χ1v) is 13.6. The van der Waals surface area contributed by atoms with E-state index in [0.29, 0.717) is 0 Å². The summed E-state index contributed by atoms with van der Waals surface area (Å²) < 4.78 is 15.7. The zero-order chi connectivity index (χ0) is 23.4. The molecule has 0 atom stereocenters. The van der Waals surface area contributed by atoms with E-state index in [-0.39, 0.29) is 0 Å². The van der Waals surface area contributed by atoms with Crippen LogP contribution in [0.15, 0.2) is 144 Å². The van der Waals surface area contributed by atoms with Gasteiger partial charge in [-0.25, -0.2) is 0 Å². The van der Waals surface area contributed by atoms with Gasteiger partial charge in [0.1, 0.15) is 0 Å². The normalized spacial score (nSPS) is 11.2. The van der Waals surface area contributed by atoms with Crippen molar-refractivity contribution in [3.8, 4) is 0 Å². The Hall–Kier alpha value is -3.39. The molecule has 0 fully saturated rings. The number of hydrogen-bond donors (Lipinski definition) is 0. The summed E-state index contributed by atoms with van der Waals surface area (Å²) in [6.07, 6.45) is 0. The average Bonchev–Trinajstić information content (AvgIpc) is 2.91. The van der Waals surface area contributed by atoms with E-state index >= 15 is 0 Å². The van der Waals surface area contributed by atoms with Gasteiger partial charge in [0.25, 0.3) is 0 Å². The van der Waals surface area contributed by atoms with Crippen LogP contribution in [0.1, 0.15) is 0 Å². The van der Waals surface area contributed by atoms with E-state index in [0.717, 1.165) is 37.4 Å². The van der Waals surface area contributed by atoms with Crippen molar-refractivity contribution in [2.75, 3.05) is 4.90 Å². The van der Waals surface area contributed by atoms with Crippen molar-refractivity contribution in [2.24, 2.45) is 0 Å². The number of halogens is 1. The molecule has 0 radical (unpaired) electrons. The van der Waals surface area contributed by atoms with Gasteiger partial charge in [-0.3, -0.25) is 0 Å². The number of benzene rings is 5. The molecule has 5 aromatic carbocycles. The van der Waals surface area contributed by atoms with Crippen molar-refractivity contribution in [1.82, 2.24) is 0 Å². The van der Waals surface area contributed by atoms with E-state index in [2.05, 4.69) is 51.2 Å². The standard InChI is InChI=1S/C30H23BrNOP/c31-29-18-10-11-19-30(29)32(24-12-4-1-5-13-24)25-20-22-28(23-21-25)34(33,26-14-6-2-7-15-26)27-16-8-3-9-17-27/h1-23H. The summed E-state index contributed by atoms with van der Waals surface area (Å²) in [7, 11) is -3.01. The Morgan fingerprint density at radius 2 is 0.882 bits per heavy atom. The molecule has 0 aliphatic carbocycles. The van der Waals surface area contributed by atoms with E-state index in [4.69, 9.17) is 0 Å². The molecule has 0 N–H and O–H groups in total. The summed E-state index contributed by atoms with van der Waals surface area (Å²) in [5, 5.41) is 2.48. The molecule has 4 heteroatoms. The number of hydrogen-bond acceptors (Lipinski definition) is 2. The maximum atomic E-state index is 14.7. The zero-order valence-electron chi connectivity index (χ0n) is 18.5. The Morgan fingerprint density at radius 1 is 0.471 bits per heavy atom. The molecule has 0 amide bonds. The van der Waals surface area contributed by atoms with Gasteiger partial charge in [-0.05, 0) is 64.5 Å². The molecule has 0 unspecified atom stereocenters. The van der Waals surface area contributed by atoms with Gasteiger partial charge in [-0.15, -0.1) is 0 Å². The molecule has 0 aliphatic heterocycles. The lowest BCUT2D eigenvalue weighted by molar-refractivity contribution is 0.592. The highest BCUT2D eigenvalue weighted by Crippen LogP contribution is 2.44. The molecule has 0 saturated carbocycles. The van der Waals surface area contributed by atoms with Crippen LogP contribution in [0, 0.1) is 0 Å². The van der Waals surface area contributed by atoms with Gasteiger partial charge in [0.05, 0.1) is 5.69 Å². The van der Waals surface area contributed by atoms with E-state index in [1.165, 1.54) is 0 Å². The molecule has 34 heavy (non-hydrogen) atoms. The highest BCUT2D eigenvalue weighted by Gasteiger charge is 2.29. The summed E-state index contributed by atoms with van der Waals surface area (Å²) in [6, 6.07) is 46.1. The van der Waals surface area contributed by atoms with Gasteiger partial charge in [-0.1, -0.05) is 91.0 Å². The molecule has 0 heterocycles. The molecule has 5 rings (SSSR count). The molecular formula is C30H23BrNOP. The second kappa shape index (κ2) is 9.85. The maximum Gasteiger partial charge on any atom is 0.171 e. The molecule has 2 nitrogen and oxygen atoms in total. The van der Waals surface area contributed by atoms with Crippen LogP contribution in [-0.2, 0) is 4.57 Å². The lowest BCUT2D eigenvalue weighted by atomic mass is 10.2. The molecule has 0 saturated heterocycles. The summed E-state index contributed by atoms with van der Waals surface area (Å²) in [5.41, 5.74) is 3.08. The van der Waals surface area contributed by atoms with E-state index in [1.54, 1.807) is 0 Å². The number of para-hydroxylation sites is 2. The highest BCUT2D eigenvalue weighted by atomic mass is 79.9. The van der Waals surface area contributed by atoms with Gasteiger partial charge < -0.3 is 9.46 Å². The highest BCUT2D eigenvalue weighted by molar-refractivity contribution is 9.10. The molecule has 0 spiro atoms. The first-order valence-electron chi connectivity index (χ1n) is 11.1. The average molecular weight is 524 g/mol. The Morgan fingerprint density at radius 3 is 1.41 bits per heavy atom. The first-order chi connectivity index (χ1) is 16.7. The molecule has 0 bridgehead atoms. The second-order valence-corrected chi connectivity index (χ2v) is 11.5. The smallest absolute Gasteiger partial charge is 0.171 e. The Balaban J connectivity index is 1.64. The molecular weight excluding hydrogens is 501 g/mol. The maximum absolute atomic E-state index is 14.7. The number of rotatable bonds is 6.